The van der Waals surface area contributed by atoms with Gasteiger partial charge in [-0.15, -0.1) is 10.2 Å². The van der Waals surface area contributed by atoms with Gasteiger partial charge in [-0.25, -0.2) is 0 Å². The summed E-state index contributed by atoms with van der Waals surface area (Å²) in [7, 11) is 0. The van der Waals surface area contributed by atoms with Gasteiger partial charge in [0.15, 0.2) is 5.82 Å². The van der Waals surface area contributed by atoms with Crippen molar-refractivity contribution in [2.24, 2.45) is 5.41 Å². The maximum Gasteiger partial charge on any atom is 0.220 e. The second-order valence-electron chi connectivity index (χ2n) is 5.15. The molecule has 1 spiro atoms. The van der Waals surface area contributed by atoms with E-state index in [-0.39, 0.29) is 11.3 Å². The van der Waals surface area contributed by atoms with Crippen LogP contribution >= 0.6 is 22.6 Å². The summed E-state index contributed by atoms with van der Waals surface area (Å²) in [6.07, 6.45) is 2.80. The van der Waals surface area contributed by atoms with E-state index in [1.54, 1.807) is 0 Å². The van der Waals surface area contributed by atoms with Crippen LogP contribution in [0.15, 0.2) is 12.1 Å². The maximum atomic E-state index is 11.4. The van der Waals surface area contributed by atoms with E-state index >= 15 is 0 Å². The Balaban J connectivity index is 1.66. The molecule has 3 heterocycles. The highest BCUT2D eigenvalue weighted by molar-refractivity contribution is 14.1. The molecule has 3 rings (SSSR count). The maximum absolute atomic E-state index is 11.4. The highest BCUT2D eigenvalue weighted by Crippen LogP contribution is 2.38. The molecule has 0 atom stereocenters. The minimum atomic E-state index is 0.199. The number of piperidine rings is 1. The van der Waals surface area contributed by atoms with E-state index in [0.29, 0.717) is 6.42 Å². The number of nitrogens with zero attached hydrogens (tertiary/aromatic N) is 3. The molecule has 1 N–H and O–H groups in total. The van der Waals surface area contributed by atoms with Crippen LogP contribution in [-0.4, -0.2) is 35.7 Å². The summed E-state index contributed by atoms with van der Waals surface area (Å²) < 4.78 is 0.912. The average molecular weight is 358 g/mol. The molecule has 0 aliphatic carbocycles. The second kappa shape index (κ2) is 4.64. The van der Waals surface area contributed by atoms with Gasteiger partial charge in [-0.3, -0.25) is 4.79 Å². The first kappa shape index (κ1) is 12.1. The molecule has 0 bridgehead atoms. The Morgan fingerprint density at radius 1 is 1.28 bits per heavy atom. The van der Waals surface area contributed by atoms with Crippen molar-refractivity contribution in [2.75, 3.05) is 24.5 Å². The van der Waals surface area contributed by atoms with Crippen molar-refractivity contribution in [1.29, 1.82) is 0 Å². The summed E-state index contributed by atoms with van der Waals surface area (Å²) >= 11 is 2.16. The smallest absolute Gasteiger partial charge is 0.220 e. The Morgan fingerprint density at radius 3 is 2.61 bits per heavy atom. The van der Waals surface area contributed by atoms with E-state index in [4.69, 9.17) is 0 Å². The molecular weight excluding hydrogens is 343 g/mol. The summed E-state index contributed by atoms with van der Waals surface area (Å²) in [5.41, 5.74) is 0.199. The van der Waals surface area contributed by atoms with Crippen LogP contribution in [0.4, 0.5) is 5.82 Å². The largest absolute Gasteiger partial charge is 0.356 e. The highest BCUT2D eigenvalue weighted by atomic mass is 127. The molecule has 2 fully saturated rings. The van der Waals surface area contributed by atoms with E-state index in [1.165, 1.54) is 0 Å². The number of amides is 1. The van der Waals surface area contributed by atoms with Gasteiger partial charge in [0, 0.05) is 26.1 Å². The number of rotatable bonds is 1. The molecule has 2 aliphatic heterocycles. The Labute approximate surface area is 119 Å². The summed E-state index contributed by atoms with van der Waals surface area (Å²) in [6, 6.07) is 4.00. The molecule has 0 unspecified atom stereocenters. The minimum absolute atomic E-state index is 0.199. The average Bonchev–Trinajstić information content (AvgIpc) is 2.73. The predicted octanol–water partition coefficient (Wildman–Crippen LogP) is 1.19. The zero-order valence-corrected chi connectivity index (χ0v) is 12.2. The summed E-state index contributed by atoms with van der Waals surface area (Å²) in [4.78, 5) is 13.6. The SMILES string of the molecule is O=C1CC2(CCN(c3ccc(I)nn3)CC2)CN1. The Hall–Kier alpha value is -0.920. The number of anilines is 1. The number of halogens is 1. The lowest BCUT2D eigenvalue weighted by atomic mass is 9.78. The molecule has 0 radical (unpaired) electrons. The van der Waals surface area contributed by atoms with E-state index in [2.05, 4.69) is 43.0 Å². The Morgan fingerprint density at radius 2 is 2.06 bits per heavy atom. The third-order valence-electron chi connectivity index (χ3n) is 3.96. The molecule has 0 saturated carbocycles. The molecule has 5 nitrogen and oxygen atoms in total. The number of hydrogen-bond donors (Lipinski definition) is 1. The van der Waals surface area contributed by atoms with E-state index in [9.17, 15) is 4.79 Å². The lowest BCUT2D eigenvalue weighted by molar-refractivity contribution is -0.119. The lowest BCUT2D eigenvalue weighted by Gasteiger charge is -2.38. The lowest BCUT2D eigenvalue weighted by Crippen LogP contribution is -2.41. The standard InChI is InChI=1S/C12H15IN4O/c13-9-1-2-10(16-15-9)17-5-3-12(4-6-17)7-11(18)14-8-12/h1-2H,3-8H2,(H,14,18). The van der Waals surface area contributed by atoms with E-state index in [0.717, 1.165) is 42.0 Å². The van der Waals surface area contributed by atoms with Crippen molar-refractivity contribution >= 4 is 34.3 Å². The van der Waals surface area contributed by atoms with Gasteiger partial charge >= 0.3 is 0 Å². The fraction of sp³-hybridized carbons (Fsp3) is 0.583. The molecule has 96 valence electrons. The third-order valence-corrected chi connectivity index (χ3v) is 4.54. The van der Waals surface area contributed by atoms with Gasteiger partial charge in [-0.1, -0.05) is 0 Å². The van der Waals surface area contributed by atoms with Gasteiger partial charge < -0.3 is 10.2 Å². The molecule has 1 aromatic rings. The van der Waals surface area contributed by atoms with Gasteiger partial charge in [-0.2, -0.15) is 0 Å². The molecule has 18 heavy (non-hydrogen) atoms. The van der Waals surface area contributed by atoms with Crippen molar-refractivity contribution in [3.63, 3.8) is 0 Å². The van der Waals surface area contributed by atoms with Crippen molar-refractivity contribution in [3.05, 3.63) is 15.8 Å². The topological polar surface area (TPSA) is 58.1 Å². The molecule has 6 heteroatoms. The monoisotopic (exact) mass is 358 g/mol. The quantitative estimate of drug-likeness (QED) is 0.767. The fourth-order valence-electron chi connectivity index (χ4n) is 2.79. The fourth-order valence-corrected chi connectivity index (χ4v) is 3.08. The first-order valence-corrected chi connectivity index (χ1v) is 7.26. The molecule has 1 amide bonds. The number of aromatic nitrogens is 2. The van der Waals surface area contributed by atoms with Crippen LogP contribution < -0.4 is 10.2 Å². The summed E-state index contributed by atoms with van der Waals surface area (Å²) in [5, 5.41) is 11.3. The van der Waals surface area contributed by atoms with Crippen LogP contribution in [-0.2, 0) is 4.79 Å². The molecule has 2 saturated heterocycles. The Kier molecular flexibility index (Phi) is 3.13. The number of carbonyl (C=O) groups excluding carboxylic acids is 1. The molecule has 1 aromatic heterocycles. The normalized spacial score (nSPS) is 22.3. The van der Waals surface area contributed by atoms with Crippen LogP contribution in [0.2, 0.25) is 0 Å². The van der Waals surface area contributed by atoms with Crippen LogP contribution in [0, 0.1) is 9.12 Å². The van der Waals surface area contributed by atoms with Gasteiger partial charge in [0.2, 0.25) is 5.91 Å². The van der Waals surface area contributed by atoms with E-state index < -0.39 is 0 Å². The van der Waals surface area contributed by atoms with Crippen molar-refractivity contribution in [1.82, 2.24) is 15.5 Å². The zero-order valence-electron chi connectivity index (χ0n) is 10.0. The van der Waals surface area contributed by atoms with Crippen molar-refractivity contribution in [2.45, 2.75) is 19.3 Å². The van der Waals surface area contributed by atoms with Crippen molar-refractivity contribution < 1.29 is 4.79 Å². The molecule has 2 aliphatic rings. The summed E-state index contributed by atoms with van der Waals surface area (Å²) in [5.74, 6) is 1.15. The number of hydrogen-bond acceptors (Lipinski definition) is 4. The van der Waals surface area contributed by atoms with Gasteiger partial charge in [0.05, 0.1) is 0 Å². The van der Waals surface area contributed by atoms with Gasteiger partial charge in [0.1, 0.15) is 3.70 Å². The number of carbonyl (C=O) groups is 1. The van der Waals surface area contributed by atoms with Crippen molar-refractivity contribution in [3.8, 4) is 0 Å². The van der Waals surface area contributed by atoms with Crippen LogP contribution in [0.25, 0.3) is 0 Å². The zero-order chi connectivity index (χ0) is 12.6. The first-order valence-electron chi connectivity index (χ1n) is 6.18. The minimum Gasteiger partial charge on any atom is -0.356 e. The summed E-state index contributed by atoms with van der Waals surface area (Å²) in [6.45, 7) is 2.77. The molecule has 0 aromatic carbocycles. The van der Waals surface area contributed by atoms with Crippen LogP contribution in [0.1, 0.15) is 19.3 Å². The Bertz CT molecular complexity index is 454. The number of nitrogens with one attached hydrogen (secondary N) is 1. The van der Waals surface area contributed by atoms with Crippen LogP contribution in [0.5, 0.6) is 0 Å². The van der Waals surface area contributed by atoms with Gasteiger partial charge in [-0.05, 0) is 53.0 Å². The highest BCUT2D eigenvalue weighted by Gasteiger charge is 2.41. The van der Waals surface area contributed by atoms with E-state index in [1.807, 2.05) is 12.1 Å². The predicted molar refractivity (Wildman–Crippen MR) is 76.3 cm³/mol. The van der Waals surface area contributed by atoms with Crippen LogP contribution in [0.3, 0.4) is 0 Å². The first-order chi connectivity index (χ1) is 8.67. The third kappa shape index (κ3) is 2.30. The van der Waals surface area contributed by atoms with Gasteiger partial charge in [0.25, 0.3) is 0 Å². The second-order valence-corrected chi connectivity index (χ2v) is 6.26. The molecular formula is C12H15IN4O.